The second-order valence-corrected chi connectivity index (χ2v) is 7.41. The fraction of sp³-hybridized carbons (Fsp3) is 0.391. The number of pyridine rings is 1. The van der Waals surface area contributed by atoms with Gasteiger partial charge in [0.05, 0.1) is 6.61 Å². The van der Waals surface area contributed by atoms with Gasteiger partial charge < -0.3 is 19.3 Å². The van der Waals surface area contributed by atoms with Crippen LogP contribution < -0.4 is 14.4 Å². The highest BCUT2D eigenvalue weighted by Crippen LogP contribution is 2.35. The van der Waals surface area contributed by atoms with Crippen molar-refractivity contribution in [3.05, 3.63) is 53.9 Å². The van der Waals surface area contributed by atoms with Crippen molar-refractivity contribution in [3.8, 4) is 11.5 Å². The number of amides is 1. The third-order valence-electron chi connectivity index (χ3n) is 5.35. The topological polar surface area (TPSA) is 54.9 Å². The second kappa shape index (κ2) is 8.55. The molecule has 1 unspecified atom stereocenters. The molecule has 1 aromatic heterocycles. The molecule has 0 radical (unpaired) electrons. The Balaban J connectivity index is 1.42. The van der Waals surface area contributed by atoms with E-state index in [2.05, 4.69) is 16.8 Å². The summed E-state index contributed by atoms with van der Waals surface area (Å²) in [6.45, 7) is 7.65. The van der Waals surface area contributed by atoms with Gasteiger partial charge in [-0.3, -0.25) is 9.78 Å². The number of rotatable bonds is 5. The van der Waals surface area contributed by atoms with E-state index < -0.39 is 0 Å². The smallest absolute Gasteiger partial charge is 0.246 e. The molecular weight excluding hydrogens is 366 g/mol. The van der Waals surface area contributed by atoms with E-state index >= 15 is 0 Å². The van der Waals surface area contributed by atoms with Gasteiger partial charge in [-0.25, -0.2) is 0 Å². The first-order valence-electron chi connectivity index (χ1n) is 10.2. The third-order valence-corrected chi connectivity index (χ3v) is 5.35. The maximum atomic E-state index is 12.7. The summed E-state index contributed by atoms with van der Waals surface area (Å²) in [6.07, 6.45) is 8.15. The maximum absolute atomic E-state index is 12.7. The Labute approximate surface area is 171 Å². The van der Waals surface area contributed by atoms with E-state index in [0.717, 1.165) is 47.8 Å². The molecule has 3 heterocycles. The Morgan fingerprint density at radius 1 is 1.24 bits per heavy atom. The maximum Gasteiger partial charge on any atom is 0.246 e. The van der Waals surface area contributed by atoms with Crippen LogP contribution in [-0.4, -0.2) is 54.7 Å². The highest BCUT2D eigenvalue weighted by atomic mass is 16.5. The average Bonchev–Trinajstić information content (AvgIpc) is 3.11. The molecule has 0 spiro atoms. The molecule has 1 amide bonds. The summed E-state index contributed by atoms with van der Waals surface area (Å²) < 4.78 is 11.7. The van der Waals surface area contributed by atoms with Gasteiger partial charge in [0.2, 0.25) is 5.91 Å². The van der Waals surface area contributed by atoms with E-state index in [1.807, 2.05) is 42.2 Å². The normalized spacial score (nSPS) is 18.6. The lowest BCUT2D eigenvalue weighted by Crippen LogP contribution is -2.48. The fourth-order valence-corrected chi connectivity index (χ4v) is 3.87. The van der Waals surface area contributed by atoms with Gasteiger partial charge in [0.15, 0.2) is 0 Å². The molecular formula is C23H27N3O3. The van der Waals surface area contributed by atoms with Gasteiger partial charge >= 0.3 is 0 Å². The number of aromatic nitrogens is 1. The predicted molar refractivity (Wildman–Crippen MR) is 113 cm³/mol. The summed E-state index contributed by atoms with van der Waals surface area (Å²) in [6, 6.07) is 8.03. The van der Waals surface area contributed by atoms with Crippen molar-refractivity contribution in [2.75, 3.05) is 37.7 Å². The van der Waals surface area contributed by atoms with Crippen LogP contribution in [0.15, 0.2) is 42.7 Å². The predicted octanol–water partition coefficient (Wildman–Crippen LogP) is 3.17. The van der Waals surface area contributed by atoms with Crippen molar-refractivity contribution in [2.24, 2.45) is 0 Å². The number of ether oxygens (including phenoxy) is 2. The molecule has 1 saturated heterocycles. The monoisotopic (exact) mass is 393 g/mol. The summed E-state index contributed by atoms with van der Waals surface area (Å²) in [7, 11) is 0. The van der Waals surface area contributed by atoms with Crippen LogP contribution in [0.25, 0.3) is 6.08 Å². The Hall–Kier alpha value is -3.02. The number of hydrogen-bond acceptors (Lipinski definition) is 5. The van der Waals surface area contributed by atoms with Crippen LogP contribution in [0.1, 0.15) is 25.0 Å². The van der Waals surface area contributed by atoms with Gasteiger partial charge in [0.1, 0.15) is 17.6 Å². The Bertz CT molecular complexity index is 890. The first-order chi connectivity index (χ1) is 14.1. The first kappa shape index (κ1) is 19.3. The van der Waals surface area contributed by atoms with Gasteiger partial charge in [-0.1, -0.05) is 0 Å². The summed E-state index contributed by atoms with van der Waals surface area (Å²) in [5.74, 6) is 1.71. The minimum atomic E-state index is 0.0246. The van der Waals surface area contributed by atoms with E-state index in [4.69, 9.17) is 9.47 Å². The number of benzene rings is 1. The van der Waals surface area contributed by atoms with Crippen LogP contribution in [0.2, 0.25) is 0 Å². The number of nitrogens with zero attached hydrogens (tertiary/aromatic N) is 3. The van der Waals surface area contributed by atoms with Gasteiger partial charge in [-0.2, -0.15) is 0 Å². The molecule has 6 nitrogen and oxygen atoms in total. The number of carbonyl (C=O) groups excluding carboxylic acids is 1. The SMILES string of the molecule is CCOc1cc2c(cc1/C=C/C(=O)N1CCN(c3ccncc3)CC1)OC(C)C2. The number of anilines is 1. The van der Waals surface area contributed by atoms with Crippen LogP contribution in [0.5, 0.6) is 11.5 Å². The minimum Gasteiger partial charge on any atom is -0.493 e. The van der Waals surface area contributed by atoms with Crippen LogP contribution in [0.3, 0.4) is 0 Å². The first-order valence-corrected chi connectivity index (χ1v) is 10.2. The quantitative estimate of drug-likeness (QED) is 0.731. The zero-order valence-electron chi connectivity index (χ0n) is 17.0. The Morgan fingerprint density at radius 2 is 2.00 bits per heavy atom. The van der Waals surface area contributed by atoms with E-state index in [1.54, 1.807) is 18.5 Å². The summed E-state index contributed by atoms with van der Waals surface area (Å²) in [5, 5.41) is 0. The zero-order chi connectivity index (χ0) is 20.2. The molecule has 1 atom stereocenters. The van der Waals surface area contributed by atoms with Crippen molar-refractivity contribution >= 4 is 17.7 Å². The molecule has 1 aromatic carbocycles. The van der Waals surface area contributed by atoms with E-state index in [-0.39, 0.29) is 12.0 Å². The number of carbonyl (C=O) groups is 1. The molecule has 6 heteroatoms. The van der Waals surface area contributed by atoms with Gasteiger partial charge in [-0.15, -0.1) is 0 Å². The van der Waals surface area contributed by atoms with E-state index in [0.29, 0.717) is 19.7 Å². The van der Waals surface area contributed by atoms with Gasteiger partial charge in [0.25, 0.3) is 0 Å². The lowest BCUT2D eigenvalue weighted by atomic mass is 10.1. The van der Waals surface area contributed by atoms with Crippen LogP contribution in [-0.2, 0) is 11.2 Å². The lowest BCUT2D eigenvalue weighted by molar-refractivity contribution is -0.126. The number of fused-ring (bicyclic) bond motifs is 1. The highest BCUT2D eigenvalue weighted by molar-refractivity contribution is 5.92. The van der Waals surface area contributed by atoms with Crippen molar-refractivity contribution in [2.45, 2.75) is 26.4 Å². The molecule has 4 rings (SSSR count). The fourth-order valence-electron chi connectivity index (χ4n) is 3.87. The van der Waals surface area contributed by atoms with Gasteiger partial charge in [-0.05, 0) is 44.2 Å². The van der Waals surface area contributed by atoms with E-state index in [1.165, 1.54) is 0 Å². The minimum absolute atomic E-state index is 0.0246. The van der Waals surface area contributed by atoms with E-state index in [9.17, 15) is 4.79 Å². The molecule has 0 aliphatic carbocycles. The molecule has 0 saturated carbocycles. The van der Waals surface area contributed by atoms with Crippen LogP contribution in [0.4, 0.5) is 5.69 Å². The van der Waals surface area contributed by atoms with Crippen molar-refractivity contribution in [3.63, 3.8) is 0 Å². The van der Waals surface area contributed by atoms with Crippen LogP contribution >= 0.6 is 0 Å². The lowest BCUT2D eigenvalue weighted by Gasteiger charge is -2.35. The largest absolute Gasteiger partial charge is 0.493 e. The molecule has 29 heavy (non-hydrogen) atoms. The molecule has 1 fully saturated rings. The standard InChI is InChI=1S/C23H27N3O3/c1-3-28-21-16-19-14-17(2)29-22(19)15-18(21)4-5-23(27)26-12-10-25(11-13-26)20-6-8-24-9-7-20/h4-9,15-17H,3,10-14H2,1-2H3/b5-4+. The van der Waals surface area contributed by atoms with Crippen LogP contribution in [0, 0.1) is 0 Å². The Morgan fingerprint density at radius 3 is 2.72 bits per heavy atom. The molecule has 2 aliphatic heterocycles. The van der Waals surface area contributed by atoms with Gasteiger partial charge in [0, 0.05) is 67.9 Å². The average molecular weight is 393 g/mol. The van der Waals surface area contributed by atoms with Crippen molar-refractivity contribution < 1.29 is 14.3 Å². The summed E-state index contributed by atoms with van der Waals surface area (Å²) >= 11 is 0. The van der Waals surface area contributed by atoms with Crippen molar-refractivity contribution in [1.29, 1.82) is 0 Å². The molecule has 0 N–H and O–H groups in total. The summed E-state index contributed by atoms with van der Waals surface area (Å²) in [5.41, 5.74) is 3.19. The molecule has 2 aliphatic rings. The third kappa shape index (κ3) is 4.36. The molecule has 152 valence electrons. The number of hydrogen-bond donors (Lipinski definition) is 0. The van der Waals surface area contributed by atoms with Crippen molar-refractivity contribution in [1.82, 2.24) is 9.88 Å². The summed E-state index contributed by atoms with van der Waals surface area (Å²) in [4.78, 5) is 20.9. The highest BCUT2D eigenvalue weighted by Gasteiger charge is 2.22. The molecule has 2 aromatic rings. The Kier molecular flexibility index (Phi) is 5.69. The molecule has 0 bridgehead atoms. The second-order valence-electron chi connectivity index (χ2n) is 7.41. The zero-order valence-corrected chi connectivity index (χ0v) is 17.0. The number of piperazine rings is 1.